The summed E-state index contributed by atoms with van der Waals surface area (Å²) in [6.45, 7) is 7.71. The second kappa shape index (κ2) is 6.99. The fourth-order valence-electron chi connectivity index (χ4n) is 4.05. The number of fused-ring (bicyclic) bond motifs is 1. The summed E-state index contributed by atoms with van der Waals surface area (Å²) < 4.78 is 0. The van der Waals surface area contributed by atoms with Crippen LogP contribution in [-0.4, -0.2) is 60.3 Å². The molecule has 1 aliphatic heterocycles. The Kier molecular flexibility index (Phi) is 5.01. The Balaban J connectivity index is 1.68. The van der Waals surface area contributed by atoms with Crippen molar-refractivity contribution in [2.45, 2.75) is 38.6 Å². The van der Waals surface area contributed by atoms with Gasteiger partial charge in [-0.15, -0.1) is 0 Å². The van der Waals surface area contributed by atoms with Crippen molar-refractivity contribution in [2.75, 3.05) is 45.1 Å². The molecular weight excluding hydrogens is 274 g/mol. The van der Waals surface area contributed by atoms with Crippen LogP contribution in [0.15, 0.2) is 12.1 Å². The van der Waals surface area contributed by atoms with Crippen LogP contribution in [0, 0.1) is 6.92 Å². The highest BCUT2D eigenvalue weighted by molar-refractivity contribution is 5.53. The van der Waals surface area contributed by atoms with Crippen molar-refractivity contribution in [3.8, 4) is 0 Å². The molecule has 1 unspecified atom stereocenters. The number of hydrogen-bond donors (Lipinski definition) is 2. The molecule has 3 N–H and O–H groups in total. The number of piperazine rings is 1. The van der Waals surface area contributed by atoms with E-state index in [0.717, 1.165) is 44.8 Å². The molecule has 1 heterocycles. The number of hydrogen-bond acceptors (Lipinski definition) is 4. The molecule has 1 saturated heterocycles. The molecular formula is C18H29N3O. The van der Waals surface area contributed by atoms with Gasteiger partial charge in [-0.1, -0.05) is 6.07 Å². The lowest BCUT2D eigenvalue weighted by molar-refractivity contribution is 0.0805. The lowest BCUT2D eigenvalue weighted by Gasteiger charge is -2.39. The van der Waals surface area contributed by atoms with Crippen LogP contribution in [0.4, 0.5) is 5.69 Å². The summed E-state index contributed by atoms with van der Waals surface area (Å²) in [6.07, 6.45) is 4.89. The number of aliphatic hydroxyl groups excluding tert-OH is 1. The van der Waals surface area contributed by atoms with Crippen LogP contribution < -0.4 is 5.73 Å². The maximum absolute atomic E-state index is 9.06. The van der Waals surface area contributed by atoms with E-state index in [-0.39, 0.29) is 6.61 Å². The van der Waals surface area contributed by atoms with Crippen LogP contribution >= 0.6 is 0 Å². The number of benzene rings is 1. The Morgan fingerprint density at radius 2 is 2.00 bits per heavy atom. The van der Waals surface area contributed by atoms with Crippen LogP contribution in [0.1, 0.15) is 29.5 Å². The fourth-order valence-corrected chi connectivity index (χ4v) is 4.05. The molecule has 0 aromatic heterocycles. The van der Waals surface area contributed by atoms with Gasteiger partial charge in [-0.2, -0.15) is 0 Å². The minimum Gasteiger partial charge on any atom is -0.399 e. The minimum atomic E-state index is 0.275. The Bertz CT molecular complexity index is 509. The average Bonchev–Trinajstić information content (AvgIpc) is 2.75. The standard InChI is InChI=1S/C18H29N3O/c1-14-17-4-2-3-16(13-15(17)5-6-18(14)19)21-9-7-20(8-10-21)11-12-22/h5-6,16,22H,2-4,7-13,19H2,1H3. The molecule has 0 radical (unpaired) electrons. The van der Waals surface area contributed by atoms with Gasteiger partial charge in [0.25, 0.3) is 0 Å². The number of nitrogens with two attached hydrogens (primary N) is 1. The van der Waals surface area contributed by atoms with Gasteiger partial charge in [-0.3, -0.25) is 9.80 Å². The van der Waals surface area contributed by atoms with E-state index >= 15 is 0 Å². The van der Waals surface area contributed by atoms with Gasteiger partial charge in [0.05, 0.1) is 6.61 Å². The summed E-state index contributed by atoms with van der Waals surface area (Å²) in [6, 6.07) is 4.99. The largest absolute Gasteiger partial charge is 0.399 e. The van der Waals surface area contributed by atoms with E-state index in [1.54, 1.807) is 0 Å². The molecule has 2 aliphatic rings. The third kappa shape index (κ3) is 3.29. The fraction of sp³-hybridized carbons (Fsp3) is 0.667. The molecule has 1 aromatic rings. The van der Waals surface area contributed by atoms with Crippen molar-refractivity contribution in [1.82, 2.24) is 9.80 Å². The summed E-state index contributed by atoms with van der Waals surface area (Å²) in [5, 5.41) is 9.06. The monoisotopic (exact) mass is 303 g/mol. The van der Waals surface area contributed by atoms with Crippen LogP contribution in [0.3, 0.4) is 0 Å². The Morgan fingerprint density at radius 3 is 2.73 bits per heavy atom. The summed E-state index contributed by atoms with van der Waals surface area (Å²) in [4.78, 5) is 5.03. The average molecular weight is 303 g/mol. The molecule has 1 atom stereocenters. The summed E-state index contributed by atoms with van der Waals surface area (Å²) in [5.41, 5.74) is 11.3. The van der Waals surface area contributed by atoms with Crippen molar-refractivity contribution in [1.29, 1.82) is 0 Å². The van der Waals surface area contributed by atoms with E-state index in [9.17, 15) is 0 Å². The molecule has 1 fully saturated rings. The summed E-state index contributed by atoms with van der Waals surface area (Å²) >= 11 is 0. The molecule has 0 amide bonds. The second-order valence-corrected chi connectivity index (χ2v) is 6.77. The van der Waals surface area contributed by atoms with E-state index in [2.05, 4.69) is 28.9 Å². The van der Waals surface area contributed by atoms with E-state index in [1.165, 1.54) is 36.0 Å². The van der Waals surface area contributed by atoms with Crippen LogP contribution in [0.2, 0.25) is 0 Å². The summed E-state index contributed by atoms with van der Waals surface area (Å²) in [7, 11) is 0. The topological polar surface area (TPSA) is 52.7 Å². The maximum atomic E-state index is 9.06. The van der Waals surface area contributed by atoms with Gasteiger partial charge in [0.1, 0.15) is 0 Å². The van der Waals surface area contributed by atoms with E-state index in [1.807, 2.05) is 0 Å². The van der Waals surface area contributed by atoms with Crippen LogP contribution in [-0.2, 0) is 12.8 Å². The van der Waals surface area contributed by atoms with Crippen molar-refractivity contribution in [2.24, 2.45) is 0 Å². The number of nitrogen functional groups attached to an aromatic ring is 1. The SMILES string of the molecule is Cc1c(N)ccc2c1CCCC(N1CCN(CCO)CC1)C2. The molecule has 0 saturated carbocycles. The zero-order chi connectivity index (χ0) is 15.5. The van der Waals surface area contributed by atoms with Gasteiger partial charge in [-0.25, -0.2) is 0 Å². The van der Waals surface area contributed by atoms with Crippen molar-refractivity contribution in [3.63, 3.8) is 0 Å². The lowest BCUT2D eigenvalue weighted by atomic mass is 9.96. The van der Waals surface area contributed by atoms with Crippen molar-refractivity contribution in [3.05, 3.63) is 28.8 Å². The molecule has 122 valence electrons. The van der Waals surface area contributed by atoms with Gasteiger partial charge in [-0.05, 0) is 55.4 Å². The first-order valence-corrected chi connectivity index (χ1v) is 8.63. The lowest BCUT2D eigenvalue weighted by Crippen LogP contribution is -2.51. The third-order valence-corrected chi connectivity index (χ3v) is 5.50. The first-order chi connectivity index (χ1) is 10.7. The Hall–Kier alpha value is -1.10. The Morgan fingerprint density at radius 1 is 1.23 bits per heavy atom. The minimum absolute atomic E-state index is 0.275. The molecule has 1 aromatic carbocycles. The predicted octanol–water partition coefficient (Wildman–Crippen LogP) is 1.43. The van der Waals surface area contributed by atoms with Gasteiger partial charge in [0.2, 0.25) is 0 Å². The molecule has 4 heteroatoms. The smallest absolute Gasteiger partial charge is 0.0558 e. The first kappa shape index (κ1) is 15.8. The molecule has 0 spiro atoms. The van der Waals surface area contributed by atoms with Crippen molar-refractivity contribution < 1.29 is 5.11 Å². The quantitative estimate of drug-likeness (QED) is 0.655. The van der Waals surface area contributed by atoms with Crippen LogP contribution in [0.5, 0.6) is 0 Å². The van der Waals surface area contributed by atoms with E-state index in [0.29, 0.717) is 6.04 Å². The highest BCUT2D eigenvalue weighted by atomic mass is 16.3. The highest BCUT2D eigenvalue weighted by Gasteiger charge is 2.26. The van der Waals surface area contributed by atoms with Gasteiger partial charge in [0, 0.05) is 44.5 Å². The second-order valence-electron chi connectivity index (χ2n) is 6.77. The number of β-amino-alcohol motifs (C(OH)–C–C–N with tert-alkyl or cyclic N) is 1. The zero-order valence-electron chi connectivity index (χ0n) is 13.7. The van der Waals surface area contributed by atoms with Gasteiger partial charge >= 0.3 is 0 Å². The molecule has 22 heavy (non-hydrogen) atoms. The zero-order valence-corrected chi connectivity index (χ0v) is 13.7. The predicted molar refractivity (Wildman–Crippen MR) is 91.1 cm³/mol. The van der Waals surface area contributed by atoms with E-state index in [4.69, 9.17) is 10.8 Å². The molecule has 4 nitrogen and oxygen atoms in total. The van der Waals surface area contributed by atoms with Crippen LogP contribution in [0.25, 0.3) is 0 Å². The normalized spacial score (nSPS) is 24.0. The van der Waals surface area contributed by atoms with Crippen molar-refractivity contribution >= 4 is 5.69 Å². The van der Waals surface area contributed by atoms with Gasteiger partial charge in [0.15, 0.2) is 0 Å². The first-order valence-electron chi connectivity index (χ1n) is 8.63. The third-order valence-electron chi connectivity index (χ3n) is 5.50. The maximum Gasteiger partial charge on any atom is 0.0558 e. The number of rotatable bonds is 3. The molecule has 1 aliphatic carbocycles. The molecule has 0 bridgehead atoms. The number of nitrogens with zero attached hydrogens (tertiary/aromatic N) is 2. The highest BCUT2D eigenvalue weighted by Crippen LogP contribution is 2.29. The summed E-state index contributed by atoms with van der Waals surface area (Å²) in [5.74, 6) is 0. The number of anilines is 1. The van der Waals surface area contributed by atoms with E-state index < -0.39 is 0 Å². The Labute approximate surface area is 133 Å². The molecule has 3 rings (SSSR count). The number of aliphatic hydroxyl groups is 1. The van der Waals surface area contributed by atoms with Gasteiger partial charge < -0.3 is 10.8 Å².